The van der Waals surface area contributed by atoms with Gasteiger partial charge in [-0.2, -0.15) is 14.4 Å². The van der Waals surface area contributed by atoms with E-state index < -0.39 is 18.3 Å². The quantitative estimate of drug-likeness (QED) is 0.335. The molecule has 0 amide bonds. The first-order valence-corrected chi connectivity index (χ1v) is 10.9. The number of aromatic nitrogens is 4. The summed E-state index contributed by atoms with van der Waals surface area (Å²) in [5.74, 6) is 1.51. The Kier molecular flexibility index (Phi) is 5.82. The third-order valence-corrected chi connectivity index (χ3v) is 6.06. The van der Waals surface area contributed by atoms with E-state index in [4.69, 9.17) is 10.5 Å². The largest absolute Gasteiger partial charge is 0.493 e. The van der Waals surface area contributed by atoms with Gasteiger partial charge >= 0.3 is 6.08 Å². The van der Waals surface area contributed by atoms with Gasteiger partial charge in [0.1, 0.15) is 17.7 Å². The minimum Gasteiger partial charge on any atom is -0.493 e. The van der Waals surface area contributed by atoms with Crippen LogP contribution in [0.15, 0.2) is 12.1 Å². The van der Waals surface area contributed by atoms with Gasteiger partial charge in [0, 0.05) is 22.5 Å². The van der Waals surface area contributed by atoms with Crippen molar-refractivity contribution in [1.82, 2.24) is 24.8 Å². The summed E-state index contributed by atoms with van der Waals surface area (Å²) in [6.45, 7) is 6.30. The first kappa shape index (κ1) is 21.2. The number of imidazole rings is 1. The summed E-state index contributed by atoms with van der Waals surface area (Å²) in [6.07, 6.45) is -0.938. The third kappa shape index (κ3) is 3.95. The SMILES string of the molecule is CC(C)NC(C(C)O)n1c(Cc2cc3c(cc2I)OCC3)nc2c(N)nc(F)nc21. The number of nitrogen functional groups attached to an aromatic ring is 1. The van der Waals surface area contributed by atoms with Crippen molar-refractivity contribution >= 4 is 39.6 Å². The number of halogens is 2. The van der Waals surface area contributed by atoms with E-state index in [1.165, 1.54) is 0 Å². The maximum absolute atomic E-state index is 14.0. The van der Waals surface area contributed by atoms with Gasteiger partial charge in [-0.3, -0.25) is 9.88 Å². The summed E-state index contributed by atoms with van der Waals surface area (Å²) < 4.78 is 22.4. The highest BCUT2D eigenvalue weighted by Crippen LogP contribution is 2.32. The topological polar surface area (TPSA) is 111 Å². The van der Waals surface area contributed by atoms with Crippen molar-refractivity contribution in [3.8, 4) is 5.75 Å². The maximum atomic E-state index is 14.0. The molecule has 1 aromatic carbocycles. The zero-order valence-electron chi connectivity index (χ0n) is 17.0. The van der Waals surface area contributed by atoms with Crippen LogP contribution in [-0.2, 0) is 12.8 Å². The summed E-state index contributed by atoms with van der Waals surface area (Å²) in [7, 11) is 0. The van der Waals surface area contributed by atoms with Gasteiger partial charge in [-0.1, -0.05) is 6.07 Å². The minimum absolute atomic E-state index is 0.0246. The number of hydrogen-bond acceptors (Lipinski definition) is 7. The molecule has 1 aliphatic heterocycles. The van der Waals surface area contributed by atoms with E-state index in [0.29, 0.717) is 24.4 Å². The second kappa shape index (κ2) is 8.23. The summed E-state index contributed by atoms with van der Waals surface area (Å²) in [6, 6.07) is 4.21. The Hall–Kier alpha value is -2.05. The van der Waals surface area contributed by atoms with Crippen molar-refractivity contribution in [3.63, 3.8) is 0 Å². The van der Waals surface area contributed by atoms with Crippen LogP contribution in [0.2, 0.25) is 0 Å². The predicted octanol–water partition coefficient (Wildman–Crippen LogP) is 2.56. The molecule has 0 saturated carbocycles. The minimum atomic E-state index is -0.925. The number of fused-ring (bicyclic) bond motifs is 2. The molecule has 0 spiro atoms. The fraction of sp³-hybridized carbons (Fsp3) is 0.450. The first-order valence-electron chi connectivity index (χ1n) is 9.82. The molecule has 4 rings (SSSR count). The Labute approximate surface area is 187 Å². The molecule has 160 valence electrons. The third-order valence-electron chi connectivity index (χ3n) is 5.06. The number of anilines is 1. The van der Waals surface area contributed by atoms with Crippen LogP contribution in [0.25, 0.3) is 11.2 Å². The van der Waals surface area contributed by atoms with Crippen molar-refractivity contribution in [1.29, 1.82) is 0 Å². The van der Waals surface area contributed by atoms with Crippen molar-refractivity contribution in [2.45, 2.75) is 51.9 Å². The van der Waals surface area contributed by atoms with E-state index >= 15 is 0 Å². The van der Waals surface area contributed by atoms with Crippen LogP contribution in [0.5, 0.6) is 5.75 Å². The van der Waals surface area contributed by atoms with Crippen LogP contribution in [-0.4, -0.2) is 43.4 Å². The zero-order chi connectivity index (χ0) is 21.6. The van der Waals surface area contributed by atoms with Gasteiger partial charge in [0.25, 0.3) is 0 Å². The van der Waals surface area contributed by atoms with Gasteiger partial charge in [0.2, 0.25) is 0 Å². The molecular weight excluding hydrogens is 502 g/mol. The molecule has 2 unspecified atom stereocenters. The van der Waals surface area contributed by atoms with E-state index in [1.807, 2.05) is 19.9 Å². The normalized spacial score (nSPS) is 15.4. The van der Waals surface area contributed by atoms with Crippen LogP contribution in [0.1, 0.15) is 43.9 Å². The van der Waals surface area contributed by atoms with Gasteiger partial charge in [-0.25, -0.2) is 4.98 Å². The lowest BCUT2D eigenvalue weighted by Gasteiger charge is -2.27. The average Bonchev–Trinajstić information content (AvgIpc) is 3.24. The van der Waals surface area contributed by atoms with Crippen molar-refractivity contribution in [2.75, 3.05) is 12.3 Å². The molecule has 0 fully saturated rings. The molecule has 1 aliphatic rings. The van der Waals surface area contributed by atoms with Gasteiger partial charge in [-0.15, -0.1) is 0 Å². The molecule has 0 saturated heterocycles. The van der Waals surface area contributed by atoms with E-state index in [-0.39, 0.29) is 17.5 Å². The molecular formula is C20H24FIN6O2. The fourth-order valence-electron chi connectivity index (χ4n) is 3.76. The average molecular weight is 526 g/mol. The van der Waals surface area contributed by atoms with E-state index in [9.17, 15) is 9.50 Å². The van der Waals surface area contributed by atoms with Gasteiger partial charge < -0.3 is 15.6 Å². The maximum Gasteiger partial charge on any atom is 0.312 e. The molecule has 2 aromatic heterocycles. The second-order valence-corrected chi connectivity index (χ2v) is 8.94. The number of aliphatic hydroxyl groups excluding tert-OH is 1. The Bertz CT molecular complexity index is 1100. The predicted molar refractivity (Wildman–Crippen MR) is 120 cm³/mol. The molecule has 0 aliphatic carbocycles. The number of ether oxygens (including phenoxy) is 1. The monoisotopic (exact) mass is 526 g/mol. The lowest BCUT2D eigenvalue weighted by molar-refractivity contribution is 0.105. The number of benzene rings is 1. The number of nitrogens with two attached hydrogens (primary N) is 1. The molecule has 8 nitrogen and oxygen atoms in total. The number of nitrogens with one attached hydrogen (secondary N) is 1. The van der Waals surface area contributed by atoms with Crippen molar-refractivity contribution < 1.29 is 14.2 Å². The molecule has 30 heavy (non-hydrogen) atoms. The Morgan fingerprint density at radius 2 is 2.07 bits per heavy atom. The van der Waals surface area contributed by atoms with Gasteiger partial charge in [-0.05, 0) is 60.6 Å². The van der Waals surface area contributed by atoms with E-state index in [0.717, 1.165) is 26.9 Å². The highest BCUT2D eigenvalue weighted by molar-refractivity contribution is 14.1. The highest BCUT2D eigenvalue weighted by Gasteiger charge is 2.27. The summed E-state index contributed by atoms with van der Waals surface area (Å²) in [5.41, 5.74) is 8.75. The smallest absolute Gasteiger partial charge is 0.312 e. The zero-order valence-corrected chi connectivity index (χ0v) is 19.1. The van der Waals surface area contributed by atoms with Gasteiger partial charge in [0.05, 0.1) is 12.7 Å². The van der Waals surface area contributed by atoms with Crippen molar-refractivity contribution in [2.24, 2.45) is 0 Å². The number of nitrogens with zero attached hydrogens (tertiary/aromatic N) is 4. The van der Waals surface area contributed by atoms with Crippen LogP contribution >= 0.6 is 22.6 Å². The lowest BCUT2D eigenvalue weighted by Crippen LogP contribution is -2.39. The first-order chi connectivity index (χ1) is 14.2. The summed E-state index contributed by atoms with van der Waals surface area (Å²) in [5, 5.41) is 13.8. The van der Waals surface area contributed by atoms with Crippen LogP contribution in [0, 0.1) is 9.65 Å². The highest BCUT2D eigenvalue weighted by atomic mass is 127. The van der Waals surface area contributed by atoms with Crippen LogP contribution < -0.4 is 15.8 Å². The molecule has 4 N–H and O–H groups in total. The fourth-order valence-corrected chi connectivity index (χ4v) is 4.39. The summed E-state index contributed by atoms with van der Waals surface area (Å²) >= 11 is 2.28. The Morgan fingerprint density at radius 1 is 1.30 bits per heavy atom. The number of aliphatic hydroxyl groups is 1. The molecule has 3 heterocycles. The molecule has 3 aromatic rings. The van der Waals surface area contributed by atoms with E-state index in [2.05, 4.69) is 48.9 Å². The summed E-state index contributed by atoms with van der Waals surface area (Å²) in [4.78, 5) is 12.2. The number of rotatable bonds is 6. The van der Waals surface area contributed by atoms with Crippen LogP contribution in [0.3, 0.4) is 0 Å². The molecule has 0 bridgehead atoms. The molecule has 2 atom stereocenters. The van der Waals surface area contributed by atoms with Crippen LogP contribution in [0.4, 0.5) is 10.2 Å². The van der Waals surface area contributed by atoms with E-state index in [1.54, 1.807) is 11.5 Å². The van der Waals surface area contributed by atoms with Gasteiger partial charge in [0.15, 0.2) is 17.0 Å². The molecule has 0 radical (unpaired) electrons. The number of hydrogen-bond donors (Lipinski definition) is 3. The standard InChI is InChI=1S/C20H24FIN6O2/c1-9(2)24-18(10(3)29)28-15(25-16-17(23)26-20(21)27-19(16)28)7-12-6-11-4-5-30-14(11)8-13(12)22/h6,8-10,18,24,29H,4-5,7H2,1-3H3,(H2,23,26,27). The van der Waals surface area contributed by atoms with Crippen molar-refractivity contribution in [3.05, 3.63) is 38.7 Å². The Morgan fingerprint density at radius 3 is 2.77 bits per heavy atom. The Balaban J connectivity index is 1.88. The second-order valence-electron chi connectivity index (χ2n) is 7.78. The lowest BCUT2D eigenvalue weighted by atomic mass is 10.1. The molecule has 10 heteroatoms.